The van der Waals surface area contributed by atoms with Crippen molar-refractivity contribution in [2.24, 2.45) is 5.10 Å². The van der Waals surface area contributed by atoms with Crippen LogP contribution >= 0.6 is 0 Å². The number of aryl methyl sites for hydroxylation is 1. The van der Waals surface area contributed by atoms with E-state index in [4.69, 9.17) is 0 Å². The summed E-state index contributed by atoms with van der Waals surface area (Å²) in [6.45, 7) is 3.82. The van der Waals surface area contributed by atoms with Gasteiger partial charge in [0.1, 0.15) is 0 Å². The Balaban J connectivity index is 1.23. The van der Waals surface area contributed by atoms with Crippen LogP contribution in [0.15, 0.2) is 132 Å². The van der Waals surface area contributed by atoms with Crippen LogP contribution in [0.1, 0.15) is 27.3 Å². The second-order valence-electron chi connectivity index (χ2n) is 10.4. The van der Waals surface area contributed by atoms with E-state index in [1.807, 2.05) is 79.1 Å². The van der Waals surface area contributed by atoms with Gasteiger partial charge in [0, 0.05) is 40.3 Å². The van der Waals surface area contributed by atoms with Crippen LogP contribution in [0.2, 0.25) is 0 Å². The molecule has 2 heterocycles. The van der Waals surface area contributed by atoms with E-state index >= 15 is 0 Å². The summed E-state index contributed by atoms with van der Waals surface area (Å²) in [5.74, 6) is -0.334. The summed E-state index contributed by atoms with van der Waals surface area (Å²) in [6, 6.07) is 40.5. The Bertz CT molecular complexity index is 1930. The molecule has 0 saturated carbocycles. The molecule has 0 spiro atoms. The molecule has 0 bridgehead atoms. The molecule has 8 heteroatoms. The Kier molecular flexibility index (Phi) is 7.71. The van der Waals surface area contributed by atoms with Gasteiger partial charge in [0.2, 0.25) is 0 Å². The van der Waals surface area contributed by atoms with E-state index in [2.05, 4.69) is 51.5 Å². The molecule has 44 heavy (non-hydrogen) atoms. The minimum atomic E-state index is -0.412. The van der Waals surface area contributed by atoms with Gasteiger partial charge in [-0.1, -0.05) is 66.7 Å². The Hall–Kier alpha value is -6.02. The number of nitro benzene ring substituents is 1. The summed E-state index contributed by atoms with van der Waals surface area (Å²) in [5.41, 5.74) is 11.6. The first-order valence-corrected chi connectivity index (χ1v) is 14.1. The van der Waals surface area contributed by atoms with Crippen LogP contribution in [-0.4, -0.2) is 26.2 Å². The number of nitrogens with zero attached hydrogens (tertiary/aromatic N) is 4. The van der Waals surface area contributed by atoms with E-state index in [0.29, 0.717) is 11.3 Å². The predicted molar refractivity (Wildman–Crippen MR) is 174 cm³/mol. The van der Waals surface area contributed by atoms with Crippen molar-refractivity contribution in [1.82, 2.24) is 14.6 Å². The average Bonchev–Trinajstić information content (AvgIpc) is 3.62. The molecule has 216 valence electrons. The fourth-order valence-electron chi connectivity index (χ4n) is 5.43. The van der Waals surface area contributed by atoms with Crippen molar-refractivity contribution in [1.29, 1.82) is 0 Å². The van der Waals surface area contributed by atoms with Crippen molar-refractivity contribution in [3.8, 4) is 33.9 Å². The molecule has 1 amide bonds. The summed E-state index contributed by atoms with van der Waals surface area (Å²) in [5, 5.41) is 15.4. The van der Waals surface area contributed by atoms with Gasteiger partial charge < -0.3 is 9.13 Å². The number of amides is 1. The summed E-state index contributed by atoms with van der Waals surface area (Å²) in [4.78, 5) is 23.8. The number of carbonyl (C=O) groups is 1. The lowest BCUT2D eigenvalue weighted by Gasteiger charge is -2.15. The molecule has 0 fully saturated rings. The van der Waals surface area contributed by atoms with Crippen molar-refractivity contribution in [3.63, 3.8) is 0 Å². The number of nitrogens with one attached hydrogen (secondary N) is 1. The third kappa shape index (κ3) is 5.56. The maximum absolute atomic E-state index is 13.0. The molecule has 0 saturated heterocycles. The number of hydrogen-bond donors (Lipinski definition) is 1. The first-order chi connectivity index (χ1) is 21.4. The van der Waals surface area contributed by atoms with Gasteiger partial charge in [-0.15, -0.1) is 0 Å². The largest absolute Gasteiger partial charge is 0.318 e. The minimum absolute atomic E-state index is 0.0212. The quantitative estimate of drug-likeness (QED) is 0.113. The standard InChI is InChI=1S/C36H29N5O3/c1-25-22-30(26(2)39(25)32-14-9-15-33(23-32)41(43)44)24-37-38-36(42)29-16-18-31(19-17-29)40-34(27-10-5-3-6-11-27)20-21-35(40)28-12-7-4-8-13-28/h3-24H,1-2H3,(H,38,42)/b37-24-. The van der Waals surface area contributed by atoms with Crippen LogP contribution in [0.3, 0.4) is 0 Å². The Morgan fingerprint density at radius 1 is 0.727 bits per heavy atom. The van der Waals surface area contributed by atoms with Gasteiger partial charge in [-0.05, 0) is 73.5 Å². The van der Waals surface area contributed by atoms with Crippen molar-refractivity contribution in [2.75, 3.05) is 0 Å². The average molecular weight is 580 g/mol. The molecule has 1 N–H and O–H groups in total. The smallest absolute Gasteiger partial charge is 0.271 e. The first kappa shape index (κ1) is 28.1. The van der Waals surface area contributed by atoms with E-state index in [-0.39, 0.29) is 11.6 Å². The van der Waals surface area contributed by atoms with Crippen LogP contribution in [0.25, 0.3) is 33.9 Å². The van der Waals surface area contributed by atoms with Gasteiger partial charge >= 0.3 is 0 Å². The fraction of sp³-hybridized carbons (Fsp3) is 0.0556. The number of benzene rings is 4. The van der Waals surface area contributed by atoms with E-state index in [9.17, 15) is 14.9 Å². The minimum Gasteiger partial charge on any atom is -0.318 e. The normalized spacial score (nSPS) is 11.1. The topological polar surface area (TPSA) is 94.5 Å². The van der Waals surface area contributed by atoms with Gasteiger partial charge in [0.15, 0.2) is 0 Å². The summed E-state index contributed by atoms with van der Waals surface area (Å²) >= 11 is 0. The monoisotopic (exact) mass is 579 g/mol. The number of carbonyl (C=O) groups excluding carboxylic acids is 1. The van der Waals surface area contributed by atoms with Crippen LogP contribution in [0, 0.1) is 24.0 Å². The van der Waals surface area contributed by atoms with Crippen LogP contribution in [-0.2, 0) is 0 Å². The zero-order valence-corrected chi connectivity index (χ0v) is 24.2. The van der Waals surface area contributed by atoms with Gasteiger partial charge in [-0.2, -0.15) is 5.10 Å². The molecule has 4 aromatic carbocycles. The van der Waals surface area contributed by atoms with E-state index in [1.54, 1.807) is 24.4 Å². The SMILES string of the molecule is Cc1cc(/C=N\NC(=O)c2ccc(-n3c(-c4ccccc4)ccc3-c3ccccc3)cc2)c(C)n1-c1cccc([N+](=O)[O-])c1. The molecule has 8 nitrogen and oxygen atoms in total. The van der Waals surface area contributed by atoms with Crippen LogP contribution in [0.5, 0.6) is 0 Å². The Morgan fingerprint density at radius 3 is 1.93 bits per heavy atom. The lowest BCUT2D eigenvalue weighted by Crippen LogP contribution is -2.17. The fourth-order valence-corrected chi connectivity index (χ4v) is 5.43. The highest BCUT2D eigenvalue weighted by Crippen LogP contribution is 2.32. The highest BCUT2D eigenvalue weighted by molar-refractivity contribution is 5.95. The number of hydrazone groups is 1. The molecule has 0 unspecified atom stereocenters. The second-order valence-corrected chi connectivity index (χ2v) is 10.4. The van der Waals surface area contributed by atoms with Crippen molar-refractivity contribution < 1.29 is 9.72 Å². The molecule has 6 rings (SSSR count). The van der Waals surface area contributed by atoms with Crippen LogP contribution in [0.4, 0.5) is 5.69 Å². The zero-order valence-electron chi connectivity index (χ0n) is 24.2. The number of hydrogen-bond acceptors (Lipinski definition) is 4. The van der Waals surface area contributed by atoms with E-state index in [0.717, 1.165) is 45.2 Å². The summed E-state index contributed by atoms with van der Waals surface area (Å²) in [7, 11) is 0. The Labute approximate surface area is 254 Å². The summed E-state index contributed by atoms with van der Waals surface area (Å²) in [6.07, 6.45) is 1.58. The van der Waals surface area contributed by atoms with Crippen molar-refractivity contribution in [3.05, 3.63) is 160 Å². The predicted octanol–water partition coefficient (Wildman–Crippen LogP) is 7.89. The number of nitro groups is 1. The first-order valence-electron chi connectivity index (χ1n) is 14.1. The van der Waals surface area contributed by atoms with E-state index in [1.165, 1.54) is 12.1 Å². The van der Waals surface area contributed by atoms with Gasteiger partial charge in [-0.25, -0.2) is 5.43 Å². The van der Waals surface area contributed by atoms with Crippen molar-refractivity contribution >= 4 is 17.8 Å². The van der Waals surface area contributed by atoms with Crippen LogP contribution < -0.4 is 5.43 Å². The second kappa shape index (κ2) is 12.1. The lowest BCUT2D eigenvalue weighted by molar-refractivity contribution is -0.384. The molecule has 0 aliphatic carbocycles. The van der Waals surface area contributed by atoms with Crippen molar-refractivity contribution in [2.45, 2.75) is 13.8 Å². The molecular formula is C36H29N5O3. The van der Waals surface area contributed by atoms with Gasteiger partial charge in [0.05, 0.1) is 28.2 Å². The Morgan fingerprint density at radius 2 is 1.34 bits per heavy atom. The number of non-ortho nitro benzene ring substituents is 1. The highest BCUT2D eigenvalue weighted by atomic mass is 16.6. The highest BCUT2D eigenvalue weighted by Gasteiger charge is 2.15. The molecular weight excluding hydrogens is 550 g/mol. The molecule has 0 radical (unpaired) electrons. The molecule has 2 aromatic heterocycles. The maximum atomic E-state index is 13.0. The zero-order chi connectivity index (χ0) is 30.6. The molecule has 0 atom stereocenters. The third-order valence-electron chi connectivity index (χ3n) is 7.55. The van der Waals surface area contributed by atoms with Gasteiger partial charge in [-0.3, -0.25) is 14.9 Å². The lowest BCUT2D eigenvalue weighted by atomic mass is 10.1. The molecule has 6 aromatic rings. The number of rotatable bonds is 8. The molecule has 0 aliphatic heterocycles. The summed E-state index contributed by atoms with van der Waals surface area (Å²) < 4.78 is 4.12. The maximum Gasteiger partial charge on any atom is 0.271 e. The molecule has 0 aliphatic rings. The number of aromatic nitrogens is 2. The van der Waals surface area contributed by atoms with Gasteiger partial charge in [0.25, 0.3) is 11.6 Å². The third-order valence-corrected chi connectivity index (χ3v) is 7.55. The van der Waals surface area contributed by atoms with E-state index < -0.39 is 4.92 Å².